The Labute approximate surface area is 855 Å². The largest absolute Gasteiger partial charge is 0.396 e. The van der Waals surface area contributed by atoms with Gasteiger partial charge in [0.05, 0.1) is 12.1 Å². The standard InChI is InChI=1S/C20H20Br2O.C19H18Br2O.C18H18Br2N2.C18H20Br2N2.C17H14Br2O.C15H12Br2O2/c21-14-6-8-16-17-9-7-15(22)11-19(17)20(23,18(16)10-14)12-13-4-2-1-3-5-13;20-13-5-7-15-16-8-6-14(21)10-18(16)19(22,17(15)9-13)11-12-3-1-2-4-12;1-21-6-8-22(9-7-21)18-16-10-12(19)2-4-14(16)15-5-3-13(20)11-17(15)18;1-21(2)8-9-22(3)18-16-10-12(19)4-6-14(16)15-7-5-13(20)11-17(15)18;18-11-3-5-13-14-6-4-12(19)10-16(14)17(15(13)9-11)7-1-2-8-20-17;16-9-1-3-11-12-4-2-10(17)8-14(12)15(19,5-6-18)13(11)7-9/h6-11,13,23H,1-5,12H2;5-10,12,22H,1-4,11H2;2-5,10-11,18H,6-9H2,1H3;4-7,10-11,18H,8-9H2,1-3H3;3-6,9-10H,1-2,7-8H2;1-4,7-8,18-19H,5-6H2. The van der Waals surface area contributed by atoms with Gasteiger partial charge in [-0.15, -0.1) is 0 Å². The fraction of sp³-hybridized carbons (Fsp3) is 0.327. The molecule has 2 aliphatic heterocycles. The number of aliphatic hydroxyl groups is 4. The number of piperazine rings is 1. The third kappa shape index (κ3) is 19.6. The third-order valence-corrected chi connectivity index (χ3v) is 33.6. The van der Waals surface area contributed by atoms with Crippen molar-refractivity contribution in [1.82, 2.24) is 19.6 Å². The Morgan fingerprint density at radius 2 is 0.609 bits per heavy atom. The van der Waals surface area contributed by atoms with Crippen LogP contribution >= 0.6 is 191 Å². The number of ether oxygens (including phenoxy) is 1. The molecule has 12 aromatic rings. The van der Waals surface area contributed by atoms with Crippen LogP contribution in [0.15, 0.2) is 272 Å². The van der Waals surface area contributed by atoms with Gasteiger partial charge in [-0.3, -0.25) is 9.80 Å². The lowest BCUT2D eigenvalue weighted by Crippen LogP contribution is -2.45. The predicted molar refractivity (Wildman–Crippen MR) is 567 cm³/mol. The molecule has 4 N–H and O–H groups in total. The van der Waals surface area contributed by atoms with Crippen LogP contribution in [0.3, 0.4) is 0 Å². The molecule has 22 rings (SSSR count). The summed E-state index contributed by atoms with van der Waals surface area (Å²) in [6.45, 7) is 7.41. The molecule has 2 saturated heterocycles. The van der Waals surface area contributed by atoms with E-state index < -0.39 is 16.8 Å². The van der Waals surface area contributed by atoms with Crippen LogP contribution in [-0.2, 0) is 27.1 Å². The minimum Gasteiger partial charge on any atom is -0.396 e. The maximum absolute atomic E-state index is 11.8. The van der Waals surface area contributed by atoms with E-state index in [4.69, 9.17) is 4.74 Å². The summed E-state index contributed by atoms with van der Waals surface area (Å²) in [5, 5.41) is 43.8. The maximum atomic E-state index is 11.8. The summed E-state index contributed by atoms with van der Waals surface area (Å²) in [5.74, 6) is 1.24. The average molecular weight is 2480 g/mol. The summed E-state index contributed by atoms with van der Waals surface area (Å²) < 4.78 is 19.2. The molecule has 0 amide bonds. The fourth-order valence-corrected chi connectivity index (χ4v) is 26.0. The van der Waals surface area contributed by atoms with Crippen LogP contribution in [0.2, 0.25) is 0 Å². The Morgan fingerprint density at radius 3 is 0.922 bits per heavy atom. The van der Waals surface area contributed by atoms with Crippen molar-refractivity contribution in [3.8, 4) is 66.8 Å². The number of likely N-dealkylation sites (N-methyl/N-ethyl adjacent to an activating group) is 3. The quantitative estimate of drug-likeness (QED) is 0.101. The molecule has 10 aliphatic rings. The first-order valence-corrected chi connectivity index (χ1v) is 53.8. The zero-order valence-corrected chi connectivity index (χ0v) is 90.9. The zero-order chi connectivity index (χ0) is 89.8. The monoisotopic (exact) mass is 2470 g/mol. The number of benzene rings is 12. The molecule has 4 fully saturated rings. The molecule has 0 radical (unpaired) electrons. The van der Waals surface area contributed by atoms with E-state index in [0.29, 0.717) is 30.3 Å². The molecule has 9 nitrogen and oxygen atoms in total. The average Bonchev–Trinajstić information content (AvgIpc) is 1.59. The lowest BCUT2D eigenvalue weighted by molar-refractivity contribution is -0.0502. The summed E-state index contributed by atoms with van der Waals surface area (Å²) >= 11 is 43.0. The van der Waals surface area contributed by atoms with Crippen LogP contribution < -0.4 is 0 Å². The third-order valence-electron chi connectivity index (χ3n) is 27.7. The second-order valence-electron chi connectivity index (χ2n) is 36.1. The first kappa shape index (κ1) is 95.8. The van der Waals surface area contributed by atoms with Crippen molar-refractivity contribution < 1.29 is 25.2 Å². The molecular formula is C107H102Br12N4O5. The molecule has 21 heteroatoms. The first-order chi connectivity index (χ1) is 61.5. The summed E-state index contributed by atoms with van der Waals surface area (Å²) in [6, 6.07) is 77.4. The van der Waals surface area contributed by atoms with Crippen molar-refractivity contribution in [2.45, 2.75) is 131 Å². The Balaban J connectivity index is 0.000000108. The Kier molecular flexibility index (Phi) is 30.5. The fourth-order valence-electron chi connectivity index (χ4n) is 21.6. The van der Waals surface area contributed by atoms with Gasteiger partial charge in [-0.05, 0) is 351 Å². The highest BCUT2D eigenvalue weighted by Crippen LogP contribution is 2.59. The van der Waals surface area contributed by atoms with Gasteiger partial charge in [0.2, 0.25) is 0 Å². The highest BCUT2D eigenvalue weighted by Gasteiger charge is 2.49. The number of fused-ring (bicyclic) bond motifs is 20. The smallest absolute Gasteiger partial charge is 0.119 e. The normalized spacial score (nSPS) is 17.7. The molecule has 128 heavy (non-hydrogen) atoms. The predicted octanol–water partition coefficient (Wildman–Crippen LogP) is 31.2. The van der Waals surface area contributed by atoms with Crippen molar-refractivity contribution in [2.75, 3.05) is 80.7 Å². The van der Waals surface area contributed by atoms with Crippen molar-refractivity contribution in [2.24, 2.45) is 11.8 Å². The van der Waals surface area contributed by atoms with Gasteiger partial charge in [0.1, 0.15) is 22.4 Å². The van der Waals surface area contributed by atoms with E-state index in [1.165, 1.54) is 153 Å². The lowest BCUT2D eigenvalue weighted by Gasteiger charge is -2.37. The zero-order valence-electron chi connectivity index (χ0n) is 71.9. The first-order valence-electron chi connectivity index (χ1n) is 44.3. The number of hydrogen-bond donors (Lipinski definition) is 4. The molecule has 0 bridgehead atoms. The van der Waals surface area contributed by atoms with E-state index >= 15 is 0 Å². The van der Waals surface area contributed by atoms with Crippen LogP contribution in [0.4, 0.5) is 0 Å². The van der Waals surface area contributed by atoms with E-state index in [2.05, 4.69) is 421 Å². The number of aliphatic hydroxyl groups excluding tert-OH is 1. The molecule has 12 aromatic carbocycles. The topological polar surface area (TPSA) is 103 Å². The van der Waals surface area contributed by atoms with Gasteiger partial charge in [-0.1, -0.05) is 322 Å². The highest BCUT2D eigenvalue weighted by atomic mass is 79.9. The molecule has 1 spiro atoms. The molecule has 0 atom stereocenters. The second-order valence-corrected chi connectivity index (χ2v) is 47.1. The van der Waals surface area contributed by atoms with Crippen molar-refractivity contribution in [3.63, 3.8) is 0 Å². The van der Waals surface area contributed by atoms with Crippen molar-refractivity contribution >= 4 is 191 Å². The van der Waals surface area contributed by atoms with Crippen LogP contribution in [0.25, 0.3) is 66.8 Å². The van der Waals surface area contributed by atoms with E-state index in [1.54, 1.807) is 0 Å². The number of nitrogens with zero attached hydrogens (tertiary/aromatic N) is 4. The Bertz CT molecular complexity index is 5840. The Morgan fingerprint density at radius 1 is 0.328 bits per heavy atom. The summed E-state index contributed by atoms with van der Waals surface area (Å²) in [5.41, 5.74) is 26.0. The van der Waals surface area contributed by atoms with E-state index in [9.17, 15) is 20.4 Å². The summed E-state index contributed by atoms with van der Waals surface area (Å²) in [7, 11) is 8.67. The van der Waals surface area contributed by atoms with Crippen LogP contribution in [0.1, 0.15) is 175 Å². The number of halogens is 12. The molecule has 8 aliphatic carbocycles. The summed E-state index contributed by atoms with van der Waals surface area (Å²) in [6.07, 6.45) is 16.9. The minimum absolute atomic E-state index is 0.0611. The second kappa shape index (κ2) is 40.8. The van der Waals surface area contributed by atoms with Gasteiger partial charge < -0.3 is 35.0 Å². The molecule has 2 saturated carbocycles. The SMILES string of the molecule is Brc1ccc2c(c1)C1(CCCCO1)c1cc(Br)ccc1-2.CN(C)CCN(C)C1c2cc(Br)ccc2-c2ccc(Br)cc21.CN1CCN(C2c3cc(Br)ccc3-c3ccc(Br)cc32)CC1.OC1(CC2CCCC2)c2cc(Br)ccc2-c2ccc(Br)cc21.OC1(CC2CCCCC2)c2cc(Br)ccc2-c2ccc(Br)cc21.OCCC1(O)c2cc(Br)ccc2-c2ccc(Br)cc21. The molecule has 0 unspecified atom stereocenters. The van der Waals surface area contributed by atoms with E-state index in [0.717, 1.165) is 170 Å². The lowest BCUT2D eigenvalue weighted by atomic mass is 9.77. The summed E-state index contributed by atoms with van der Waals surface area (Å²) in [4.78, 5) is 9.72. The van der Waals surface area contributed by atoms with Crippen molar-refractivity contribution in [1.29, 1.82) is 0 Å². The van der Waals surface area contributed by atoms with Gasteiger partial charge in [0.15, 0.2) is 0 Å². The maximum Gasteiger partial charge on any atom is 0.119 e. The molecule has 0 aromatic heterocycles. The molecule has 2 heterocycles. The van der Waals surface area contributed by atoms with Gasteiger partial charge in [0, 0.05) is 113 Å². The van der Waals surface area contributed by atoms with Gasteiger partial charge in [-0.2, -0.15) is 0 Å². The van der Waals surface area contributed by atoms with Gasteiger partial charge >= 0.3 is 0 Å². The minimum atomic E-state index is -1.12. The van der Waals surface area contributed by atoms with Crippen LogP contribution in [0, 0.1) is 11.8 Å². The van der Waals surface area contributed by atoms with Crippen LogP contribution in [0.5, 0.6) is 0 Å². The molecular weight excluding hydrogens is 2380 g/mol. The number of hydrogen-bond acceptors (Lipinski definition) is 9. The van der Waals surface area contributed by atoms with Gasteiger partial charge in [0.25, 0.3) is 0 Å². The number of rotatable bonds is 11. The van der Waals surface area contributed by atoms with Gasteiger partial charge in [-0.25, -0.2) is 0 Å². The van der Waals surface area contributed by atoms with E-state index in [1.807, 2.05) is 36.4 Å². The Hall–Kier alpha value is -3.96. The molecule has 664 valence electrons. The van der Waals surface area contributed by atoms with E-state index in [-0.39, 0.29) is 12.2 Å². The van der Waals surface area contributed by atoms with Crippen LogP contribution in [-0.4, -0.2) is 121 Å². The van der Waals surface area contributed by atoms with Crippen molar-refractivity contribution in [3.05, 3.63) is 339 Å². The highest BCUT2D eigenvalue weighted by molar-refractivity contribution is 9.12.